The first kappa shape index (κ1) is 14.3. The zero-order chi connectivity index (χ0) is 12.1. The van der Waals surface area contributed by atoms with Crippen LogP contribution >= 0.6 is 0 Å². The fourth-order valence-electron chi connectivity index (χ4n) is 1.98. The van der Waals surface area contributed by atoms with E-state index in [4.69, 9.17) is 4.79 Å². The van der Waals surface area contributed by atoms with Crippen molar-refractivity contribution in [2.75, 3.05) is 7.05 Å². The Kier molecular flexibility index (Phi) is 5.15. The van der Waals surface area contributed by atoms with E-state index in [0.29, 0.717) is 0 Å². The lowest BCUT2D eigenvalue weighted by atomic mass is 9.82. The molecule has 1 aliphatic heterocycles. The van der Waals surface area contributed by atoms with Crippen molar-refractivity contribution in [1.29, 1.82) is 0 Å². The van der Waals surface area contributed by atoms with Crippen molar-refractivity contribution in [2.24, 2.45) is 4.99 Å². The second kappa shape index (κ2) is 5.40. The average Bonchev–Trinajstić information content (AvgIpc) is 2.14. The summed E-state index contributed by atoms with van der Waals surface area (Å²) in [5, 5.41) is 11.3. The number of hydrogen-bond donors (Lipinski definition) is 1. The molecule has 0 aromatic carbocycles. The largest absolute Gasteiger partial charge is 0.313 e. The van der Waals surface area contributed by atoms with Gasteiger partial charge < -0.3 is 5.21 Å². The maximum absolute atomic E-state index is 9.80. The monoisotopic (exact) mass is 214 g/mol. The molecule has 1 rings (SSSR count). The van der Waals surface area contributed by atoms with E-state index in [1.165, 1.54) is 24.6 Å². The van der Waals surface area contributed by atoms with Crippen molar-refractivity contribution >= 4 is 6.08 Å². The van der Waals surface area contributed by atoms with Crippen molar-refractivity contribution in [1.82, 2.24) is 5.06 Å². The lowest BCUT2D eigenvalue weighted by molar-refractivity contribution is -0.241. The molecule has 0 radical (unpaired) electrons. The van der Waals surface area contributed by atoms with Crippen LogP contribution in [0.5, 0.6) is 0 Å². The summed E-state index contributed by atoms with van der Waals surface area (Å²) in [6, 6.07) is 0. The molecule has 1 aliphatic rings. The Bertz CT molecular complexity index is 227. The van der Waals surface area contributed by atoms with E-state index in [1.807, 2.05) is 0 Å². The Morgan fingerprint density at radius 2 is 1.53 bits per heavy atom. The van der Waals surface area contributed by atoms with Crippen molar-refractivity contribution in [3.05, 3.63) is 0 Å². The van der Waals surface area contributed by atoms with Gasteiger partial charge in [-0.05, 0) is 47.0 Å². The van der Waals surface area contributed by atoms with Gasteiger partial charge in [0.05, 0.1) is 0 Å². The van der Waals surface area contributed by atoms with Crippen molar-refractivity contribution < 1.29 is 10.0 Å². The SMILES string of the molecule is CC1(C)CCCC(C)(C)N1O.CN=C=O. The van der Waals surface area contributed by atoms with Crippen LogP contribution in [0.4, 0.5) is 0 Å². The van der Waals surface area contributed by atoms with Gasteiger partial charge in [0, 0.05) is 18.1 Å². The molecular formula is C11H22N2O2. The lowest BCUT2D eigenvalue weighted by Gasteiger charge is -2.48. The third-order valence-electron chi connectivity index (χ3n) is 2.82. The Morgan fingerprint density at radius 3 is 1.73 bits per heavy atom. The Labute approximate surface area is 92.0 Å². The topological polar surface area (TPSA) is 52.9 Å². The number of nitrogens with zero attached hydrogens (tertiary/aromatic N) is 2. The fourth-order valence-corrected chi connectivity index (χ4v) is 1.98. The van der Waals surface area contributed by atoms with Gasteiger partial charge in [0.2, 0.25) is 6.08 Å². The molecule has 0 unspecified atom stereocenters. The van der Waals surface area contributed by atoms with Crippen molar-refractivity contribution in [3.63, 3.8) is 0 Å². The van der Waals surface area contributed by atoms with Gasteiger partial charge in [0.25, 0.3) is 0 Å². The summed E-state index contributed by atoms with van der Waals surface area (Å²) in [4.78, 5) is 11.8. The number of hydrogen-bond acceptors (Lipinski definition) is 4. The van der Waals surface area contributed by atoms with Crippen LogP contribution in [-0.4, -0.2) is 34.5 Å². The molecule has 15 heavy (non-hydrogen) atoms. The van der Waals surface area contributed by atoms with Crippen LogP contribution in [-0.2, 0) is 4.79 Å². The zero-order valence-corrected chi connectivity index (χ0v) is 10.4. The predicted octanol–water partition coefficient (Wildman–Crippen LogP) is 2.37. The lowest BCUT2D eigenvalue weighted by Crippen LogP contribution is -2.56. The van der Waals surface area contributed by atoms with Gasteiger partial charge in [-0.1, -0.05) is 0 Å². The highest BCUT2D eigenvalue weighted by atomic mass is 16.5. The summed E-state index contributed by atoms with van der Waals surface area (Å²) in [6.07, 6.45) is 4.71. The first-order valence-corrected chi connectivity index (χ1v) is 5.23. The van der Waals surface area contributed by atoms with E-state index in [2.05, 4.69) is 32.7 Å². The highest BCUT2D eigenvalue weighted by Gasteiger charge is 2.40. The van der Waals surface area contributed by atoms with Crippen LogP contribution < -0.4 is 0 Å². The van der Waals surface area contributed by atoms with Crippen LogP contribution in [0.15, 0.2) is 4.99 Å². The molecule has 1 N–H and O–H groups in total. The summed E-state index contributed by atoms with van der Waals surface area (Å²) < 4.78 is 0. The summed E-state index contributed by atoms with van der Waals surface area (Å²) >= 11 is 0. The molecule has 0 atom stereocenters. The van der Waals surface area contributed by atoms with Gasteiger partial charge in [-0.3, -0.25) is 0 Å². The Hall–Kier alpha value is -0.700. The van der Waals surface area contributed by atoms with Crippen LogP contribution in [0.25, 0.3) is 0 Å². The molecule has 1 saturated heterocycles. The number of carbonyl (C=O) groups excluding carboxylic acids is 1. The van der Waals surface area contributed by atoms with Crippen LogP contribution in [0.3, 0.4) is 0 Å². The third-order valence-corrected chi connectivity index (χ3v) is 2.82. The van der Waals surface area contributed by atoms with Crippen LogP contribution in [0.1, 0.15) is 47.0 Å². The average molecular weight is 214 g/mol. The number of rotatable bonds is 0. The molecule has 0 saturated carbocycles. The van der Waals surface area contributed by atoms with E-state index in [-0.39, 0.29) is 11.1 Å². The molecule has 88 valence electrons. The Morgan fingerprint density at radius 1 is 1.20 bits per heavy atom. The fraction of sp³-hybridized carbons (Fsp3) is 0.909. The number of hydroxylamine groups is 2. The predicted molar refractivity (Wildman–Crippen MR) is 59.7 cm³/mol. The normalized spacial score (nSPS) is 23.3. The highest BCUT2D eigenvalue weighted by molar-refractivity contribution is 5.32. The Balaban J connectivity index is 0.000000423. The molecule has 1 heterocycles. The van der Waals surface area contributed by atoms with E-state index < -0.39 is 0 Å². The molecule has 0 aliphatic carbocycles. The quantitative estimate of drug-likeness (QED) is 0.497. The summed E-state index contributed by atoms with van der Waals surface area (Å²) in [5.74, 6) is 0. The summed E-state index contributed by atoms with van der Waals surface area (Å²) in [5.41, 5.74) is -0.0799. The maximum Gasteiger partial charge on any atom is 0.234 e. The first-order chi connectivity index (χ1) is 6.78. The highest BCUT2D eigenvalue weighted by Crippen LogP contribution is 2.35. The second-order valence-electron chi connectivity index (χ2n) is 5.11. The first-order valence-electron chi connectivity index (χ1n) is 5.23. The van der Waals surface area contributed by atoms with Gasteiger partial charge in [-0.15, -0.1) is 0 Å². The van der Waals surface area contributed by atoms with Gasteiger partial charge in [0.15, 0.2) is 0 Å². The molecule has 0 bridgehead atoms. The van der Waals surface area contributed by atoms with Crippen LogP contribution in [0.2, 0.25) is 0 Å². The van der Waals surface area contributed by atoms with Crippen molar-refractivity contribution in [3.8, 4) is 0 Å². The number of piperidine rings is 1. The molecule has 0 aromatic heterocycles. The molecule has 0 aromatic rings. The van der Waals surface area contributed by atoms with Gasteiger partial charge in [0.1, 0.15) is 0 Å². The molecule has 4 heteroatoms. The van der Waals surface area contributed by atoms with E-state index >= 15 is 0 Å². The molecular weight excluding hydrogens is 192 g/mol. The maximum atomic E-state index is 9.80. The third kappa shape index (κ3) is 4.12. The molecule has 0 amide bonds. The van der Waals surface area contributed by atoms with Crippen LogP contribution in [0, 0.1) is 0 Å². The number of isocyanates is 1. The zero-order valence-electron chi connectivity index (χ0n) is 10.4. The van der Waals surface area contributed by atoms with Gasteiger partial charge >= 0.3 is 0 Å². The van der Waals surface area contributed by atoms with E-state index in [1.54, 1.807) is 0 Å². The van der Waals surface area contributed by atoms with Gasteiger partial charge in [-0.2, -0.15) is 5.06 Å². The summed E-state index contributed by atoms with van der Waals surface area (Å²) in [6.45, 7) is 8.36. The van der Waals surface area contributed by atoms with Crippen molar-refractivity contribution in [2.45, 2.75) is 58.0 Å². The summed E-state index contributed by atoms with van der Waals surface area (Å²) in [7, 11) is 1.38. The van der Waals surface area contributed by atoms with E-state index in [9.17, 15) is 5.21 Å². The molecule has 4 nitrogen and oxygen atoms in total. The number of aliphatic imine (C=N–C) groups is 1. The smallest absolute Gasteiger partial charge is 0.234 e. The van der Waals surface area contributed by atoms with Gasteiger partial charge in [-0.25, -0.2) is 9.79 Å². The standard InChI is InChI=1S/C9H19NO.C2H3NO/c1-8(2)6-5-7-9(3,4)10(8)11;1-3-2-4/h11H,5-7H2,1-4H3;1H3. The van der Waals surface area contributed by atoms with E-state index in [0.717, 1.165) is 12.8 Å². The molecule has 1 fully saturated rings. The minimum atomic E-state index is -0.0399. The molecule has 0 spiro atoms. The minimum Gasteiger partial charge on any atom is -0.313 e. The second-order valence-corrected chi connectivity index (χ2v) is 5.11. The minimum absolute atomic E-state index is 0.0399.